The molecular formula is C10H10N2S. The van der Waals surface area contributed by atoms with Gasteiger partial charge in [-0.05, 0) is 23.1 Å². The van der Waals surface area contributed by atoms with Gasteiger partial charge in [0.2, 0.25) is 0 Å². The molecule has 2 rings (SSSR count). The van der Waals surface area contributed by atoms with Crippen LogP contribution in [0.25, 0.3) is 0 Å². The summed E-state index contributed by atoms with van der Waals surface area (Å²) in [7, 11) is 0. The van der Waals surface area contributed by atoms with Gasteiger partial charge >= 0.3 is 0 Å². The minimum atomic E-state index is 0.635. The Morgan fingerprint density at radius 1 is 1.31 bits per heavy atom. The number of hydrogen-bond acceptors (Lipinski definition) is 3. The summed E-state index contributed by atoms with van der Waals surface area (Å²) in [6.07, 6.45) is 2.60. The van der Waals surface area contributed by atoms with Crippen LogP contribution in [0.4, 0.5) is 5.82 Å². The van der Waals surface area contributed by atoms with E-state index in [9.17, 15) is 0 Å². The van der Waals surface area contributed by atoms with Crippen molar-refractivity contribution < 1.29 is 0 Å². The van der Waals surface area contributed by atoms with Gasteiger partial charge in [-0.1, -0.05) is 12.1 Å². The molecule has 66 valence electrons. The molecule has 0 unspecified atom stereocenters. The number of rotatable bonds is 2. The van der Waals surface area contributed by atoms with Crippen LogP contribution in [0.3, 0.4) is 0 Å². The highest BCUT2D eigenvalue weighted by atomic mass is 32.1. The van der Waals surface area contributed by atoms with E-state index in [0.29, 0.717) is 5.82 Å². The molecule has 0 atom stereocenters. The molecule has 0 fully saturated rings. The predicted octanol–water partition coefficient (Wildman–Crippen LogP) is 2.32. The summed E-state index contributed by atoms with van der Waals surface area (Å²) < 4.78 is 0. The zero-order chi connectivity index (χ0) is 9.10. The van der Waals surface area contributed by atoms with Crippen LogP contribution >= 0.6 is 11.3 Å². The van der Waals surface area contributed by atoms with Crippen LogP contribution < -0.4 is 5.73 Å². The summed E-state index contributed by atoms with van der Waals surface area (Å²) in [4.78, 5) is 5.36. The first-order valence-corrected chi connectivity index (χ1v) is 4.96. The lowest BCUT2D eigenvalue weighted by Crippen LogP contribution is -1.96. The smallest absolute Gasteiger partial charge is 0.126 e. The lowest BCUT2D eigenvalue weighted by molar-refractivity contribution is 1.18. The molecule has 3 heteroatoms. The Kier molecular flexibility index (Phi) is 2.27. The highest BCUT2D eigenvalue weighted by molar-refractivity contribution is 7.09. The second-order valence-electron chi connectivity index (χ2n) is 2.80. The van der Waals surface area contributed by atoms with E-state index in [-0.39, 0.29) is 0 Å². The Bertz CT molecular complexity index is 382. The van der Waals surface area contributed by atoms with Crippen molar-refractivity contribution in [3.63, 3.8) is 0 Å². The molecule has 0 spiro atoms. The normalized spacial score (nSPS) is 10.2. The first-order valence-electron chi connectivity index (χ1n) is 4.08. The third-order valence-corrected chi connectivity index (χ3v) is 2.75. The van der Waals surface area contributed by atoms with Gasteiger partial charge < -0.3 is 5.73 Å². The third-order valence-electron chi connectivity index (χ3n) is 1.87. The molecule has 2 heterocycles. The third kappa shape index (κ3) is 1.87. The van der Waals surface area contributed by atoms with Gasteiger partial charge in [-0.3, -0.25) is 0 Å². The monoisotopic (exact) mass is 190 g/mol. The molecule has 0 aliphatic carbocycles. The minimum Gasteiger partial charge on any atom is -0.383 e. The van der Waals surface area contributed by atoms with E-state index >= 15 is 0 Å². The van der Waals surface area contributed by atoms with Crippen LogP contribution in [0.15, 0.2) is 35.8 Å². The van der Waals surface area contributed by atoms with Gasteiger partial charge in [0, 0.05) is 17.5 Å². The molecule has 0 bridgehead atoms. The van der Waals surface area contributed by atoms with Crippen LogP contribution in [0, 0.1) is 0 Å². The quantitative estimate of drug-likeness (QED) is 0.789. The topological polar surface area (TPSA) is 38.9 Å². The van der Waals surface area contributed by atoms with Gasteiger partial charge in [-0.25, -0.2) is 4.98 Å². The van der Waals surface area contributed by atoms with Gasteiger partial charge in [0.15, 0.2) is 0 Å². The van der Waals surface area contributed by atoms with Crippen molar-refractivity contribution in [3.05, 3.63) is 46.3 Å². The van der Waals surface area contributed by atoms with Gasteiger partial charge in [0.05, 0.1) is 0 Å². The summed E-state index contributed by atoms with van der Waals surface area (Å²) >= 11 is 1.74. The Morgan fingerprint density at radius 2 is 2.23 bits per heavy atom. The number of thiophene rings is 1. The Hall–Kier alpha value is -1.35. The summed E-state index contributed by atoms with van der Waals surface area (Å²) in [5.74, 6) is 0.635. The van der Waals surface area contributed by atoms with Crippen molar-refractivity contribution >= 4 is 17.2 Å². The molecule has 0 amide bonds. The van der Waals surface area contributed by atoms with Crippen LogP contribution in [0.2, 0.25) is 0 Å². The number of anilines is 1. The van der Waals surface area contributed by atoms with Crippen molar-refractivity contribution in [2.45, 2.75) is 6.42 Å². The maximum Gasteiger partial charge on any atom is 0.126 e. The highest BCUT2D eigenvalue weighted by Gasteiger charge is 2.00. The number of hydrogen-bond donors (Lipinski definition) is 1. The zero-order valence-corrected chi connectivity index (χ0v) is 7.92. The molecule has 0 saturated heterocycles. The summed E-state index contributed by atoms with van der Waals surface area (Å²) in [5.41, 5.74) is 6.83. The highest BCUT2D eigenvalue weighted by Crippen LogP contribution is 2.17. The maximum absolute atomic E-state index is 5.73. The fraction of sp³-hybridized carbons (Fsp3) is 0.100. The lowest BCUT2D eigenvalue weighted by atomic mass is 10.1. The molecule has 0 aliphatic rings. The summed E-state index contributed by atoms with van der Waals surface area (Å²) in [6.45, 7) is 0. The molecule has 0 saturated carbocycles. The SMILES string of the molecule is Nc1ncccc1Cc1cccs1. The van der Waals surface area contributed by atoms with Gasteiger partial charge in [-0.2, -0.15) is 0 Å². The summed E-state index contributed by atoms with van der Waals surface area (Å²) in [6, 6.07) is 8.09. The van der Waals surface area contributed by atoms with E-state index in [0.717, 1.165) is 12.0 Å². The van der Waals surface area contributed by atoms with Gasteiger partial charge in [-0.15, -0.1) is 11.3 Å². The molecule has 0 radical (unpaired) electrons. The van der Waals surface area contributed by atoms with Crippen molar-refractivity contribution in [2.75, 3.05) is 5.73 Å². The van der Waals surface area contributed by atoms with E-state index in [4.69, 9.17) is 5.73 Å². The number of nitrogen functional groups attached to an aromatic ring is 1. The number of nitrogens with two attached hydrogens (primary N) is 1. The zero-order valence-electron chi connectivity index (χ0n) is 7.10. The van der Waals surface area contributed by atoms with Crippen LogP contribution in [-0.4, -0.2) is 4.98 Å². The Morgan fingerprint density at radius 3 is 2.92 bits per heavy atom. The van der Waals surface area contributed by atoms with Gasteiger partial charge in [0.25, 0.3) is 0 Å². The van der Waals surface area contributed by atoms with E-state index < -0.39 is 0 Å². The Labute approximate surface area is 81.1 Å². The van der Waals surface area contributed by atoms with E-state index in [1.807, 2.05) is 18.2 Å². The van der Waals surface area contributed by atoms with E-state index in [1.165, 1.54) is 4.88 Å². The number of pyridine rings is 1. The van der Waals surface area contributed by atoms with E-state index in [1.54, 1.807) is 17.5 Å². The second kappa shape index (κ2) is 3.58. The average Bonchev–Trinajstić information content (AvgIpc) is 2.61. The molecule has 2 aromatic rings. The van der Waals surface area contributed by atoms with Crippen molar-refractivity contribution in [1.29, 1.82) is 0 Å². The van der Waals surface area contributed by atoms with Crippen molar-refractivity contribution in [1.82, 2.24) is 4.98 Å². The number of nitrogens with zero attached hydrogens (tertiary/aromatic N) is 1. The van der Waals surface area contributed by atoms with Crippen LogP contribution in [0.5, 0.6) is 0 Å². The first kappa shape index (κ1) is 8.26. The predicted molar refractivity (Wildman–Crippen MR) is 55.8 cm³/mol. The number of aromatic nitrogens is 1. The molecule has 2 N–H and O–H groups in total. The van der Waals surface area contributed by atoms with E-state index in [2.05, 4.69) is 16.4 Å². The standard InChI is InChI=1S/C10H10N2S/c11-10-8(3-1-5-12-10)7-9-4-2-6-13-9/h1-6H,7H2,(H2,11,12). The fourth-order valence-electron chi connectivity index (χ4n) is 1.20. The minimum absolute atomic E-state index is 0.635. The molecule has 2 aromatic heterocycles. The molecule has 2 nitrogen and oxygen atoms in total. The average molecular weight is 190 g/mol. The second-order valence-corrected chi connectivity index (χ2v) is 3.84. The molecular weight excluding hydrogens is 180 g/mol. The lowest BCUT2D eigenvalue weighted by Gasteiger charge is -2.01. The molecule has 13 heavy (non-hydrogen) atoms. The molecule has 0 aliphatic heterocycles. The Balaban J connectivity index is 2.24. The van der Waals surface area contributed by atoms with Gasteiger partial charge in [0.1, 0.15) is 5.82 Å². The first-order chi connectivity index (χ1) is 6.36. The summed E-state index contributed by atoms with van der Waals surface area (Å²) in [5, 5.41) is 2.07. The van der Waals surface area contributed by atoms with Crippen molar-refractivity contribution in [2.24, 2.45) is 0 Å². The van der Waals surface area contributed by atoms with Crippen molar-refractivity contribution in [3.8, 4) is 0 Å². The maximum atomic E-state index is 5.73. The van der Waals surface area contributed by atoms with Crippen LogP contribution in [-0.2, 0) is 6.42 Å². The van der Waals surface area contributed by atoms with Crippen LogP contribution in [0.1, 0.15) is 10.4 Å². The fourth-order valence-corrected chi connectivity index (χ4v) is 1.93. The molecule has 0 aromatic carbocycles. The largest absolute Gasteiger partial charge is 0.383 e.